The summed E-state index contributed by atoms with van der Waals surface area (Å²) in [6, 6.07) is 46.4. The highest BCUT2D eigenvalue weighted by atomic mass is 15.0. The van der Waals surface area contributed by atoms with Gasteiger partial charge in [-0.05, 0) is 96.1 Å². The molecular weight excluding hydrogens is 585 g/mol. The van der Waals surface area contributed by atoms with Crippen LogP contribution in [-0.2, 0) is 5.41 Å². The molecule has 6 aromatic rings. The SMILES string of the molecule is N#Cc1ccccc1-c1cc(C23CC4CC(CC(C4)C2)C3)ccc1-c1ccc(-c2nc(-c3ccccc3)nc(-c3ccccc3)n2)cc1. The average Bonchev–Trinajstić information content (AvgIpc) is 3.14. The Balaban J connectivity index is 1.13. The Morgan fingerprint density at radius 1 is 0.479 bits per heavy atom. The Bertz CT molecular complexity index is 2070. The van der Waals surface area contributed by atoms with Gasteiger partial charge in [-0.25, -0.2) is 15.0 Å². The van der Waals surface area contributed by atoms with Gasteiger partial charge in [-0.2, -0.15) is 5.26 Å². The zero-order chi connectivity index (χ0) is 32.1. The van der Waals surface area contributed by atoms with Crippen molar-refractivity contribution in [3.63, 3.8) is 0 Å². The van der Waals surface area contributed by atoms with Gasteiger partial charge >= 0.3 is 0 Å². The molecule has 0 N–H and O–H groups in total. The van der Waals surface area contributed by atoms with Crippen LogP contribution in [0.15, 0.2) is 127 Å². The fourth-order valence-electron chi connectivity index (χ4n) is 9.36. The van der Waals surface area contributed by atoms with Gasteiger partial charge in [0, 0.05) is 22.3 Å². The lowest BCUT2D eigenvalue weighted by Gasteiger charge is -2.57. The summed E-state index contributed by atoms with van der Waals surface area (Å²) in [5.41, 5.74) is 9.70. The number of benzene rings is 5. The maximum atomic E-state index is 10.1. The summed E-state index contributed by atoms with van der Waals surface area (Å²) >= 11 is 0. The van der Waals surface area contributed by atoms with Crippen LogP contribution in [0.3, 0.4) is 0 Å². The summed E-state index contributed by atoms with van der Waals surface area (Å²) in [4.78, 5) is 14.7. The van der Waals surface area contributed by atoms with E-state index >= 15 is 0 Å². The molecule has 4 aliphatic rings. The lowest BCUT2D eigenvalue weighted by molar-refractivity contribution is -0.00516. The molecule has 0 saturated heterocycles. The minimum absolute atomic E-state index is 0.277. The zero-order valence-corrected chi connectivity index (χ0v) is 26.9. The van der Waals surface area contributed by atoms with Crippen LogP contribution in [0.1, 0.15) is 49.7 Å². The number of rotatable bonds is 6. The lowest BCUT2D eigenvalue weighted by Crippen LogP contribution is -2.48. The minimum Gasteiger partial charge on any atom is -0.208 e. The van der Waals surface area contributed by atoms with Gasteiger partial charge in [0.05, 0.1) is 11.6 Å². The number of nitrogens with zero attached hydrogens (tertiary/aromatic N) is 4. The molecule has 4 heteroatoms. The molecule has 0 amide bonds. The fraction of sp³-hybridized carbons (Fsp3) is 0.227. The van der Waals surface area contributed by atoms with Gasteiger partial charge in [0.1, 0.15) is 0 Å². The van der Waals surface area contributed by atoms with Crippen LogP contribution in [0.5, 0.6) is 0 Å². The second-order valence-electron chi connectivity index (χ2n) is 14.2. The Hall–Kier alpha value is -5.40. The normalized spacial score (nSPS) is 22.4. The topological polar surface area (TPSA) is 62.5 Å². The van der Waals surface area contributed by atoms with Crippen molar-refractivity contribution < 1.29 is 0 Å². The van der Waals surface area contributed by atoms with E-state index in [0.29, 0.717) is 23.0 Å². The van der Waals surface area contributed by atoms with Gasteiger partial charge in [-0.15, -0.1) is 0 Å². The van der Waals surface area contributed by atoms with E-state index in [4.69, 9.17) is 15.0 Å². The average molecular weight is 621 g/mol. The molecule has 1 aromatic heterocycles. The summed E-state index contributed by atoms with van der Waals surface area (Å²) in [7, 11) is 0. The molecule has 4 bridgehead atoms. The molecule has 232 valence electrons. The third-order valence-electron chi connectivity index (χ3n) is 11.2. The quantitative estimate of drug-likeness (QED) is 0.186. The van der Waals surface area contributed by atoms with Crippen LogP contribution in [0.4, 0.5) is 0 Å². The largest absolute Gasteiger partial charge is 0.208 e. The number of hydrogen-bond donors (Lipinski definition) is 0. The fourth-order valence-corrected chi connectivity index (χ4v) is 9.36. The van der Waals surface area contributed by atoms with Crippen molar-refractivity contribution in [3.8, 4) is 62.5 Å². The van der Waals surface area contributed by atoms with E-state index in [2.05, 4.69) is 60.7 Å². The van der Waals surface area contributed by atoms with E-state index in [1.165, 1.54) is 44.1 Å². The summed E-state index contributed by atoms with van der Waals surface area (Å²) in [5, 5.41) is 10.1. The van der Waals surface area contributed by atoms with Gasteiger partial charge in [0.25, 0.3) is 0 Å². The van der Waals surface area contributed by atoms with Crippen molar-refractivity contribution in [2.24, 2.45) is 17.8 Å². The maximum Gasteiger partial charge on any atom is 0.164 e. The summed E-state index contributed by atoms with van der Waals surface area (Å²) in [5.74, 6) is 4.57. The first kappa shape index (κ1) is 28.8. The molecule has 1 heterocycles. The van der Waals surface area contributed by atoms with Crippen molar-refractivity contribution in [1.82, 2.24) is 15.0 Å². The molecule has 4 saturated carbocycles. The summed E-state index contributed by atoms with van der Waals surface area (Å²) in [6.45, 7) is 0. The Labute approximate surface area is 282 Å². The van der Waals surface area contributed by atoms with Gasteiger partial charge in [-0.1, -0.05) is 115 Å². The summed E-state index contributed by atoms with van der Waals surface area (Å²) in [6.07, 6.45) is 8.22. The van der Waals surface area contributed by atoms with Crippen molar-refractivity contribution >= 4 is 0 Å². The first-order chi connectivity index (χ1) is 23.6. The van der Waals surface area contributed by atoms with Gasteiger partial charge in [0.2, 0.25) is 0 Å². The molecule has 0 spiro atoms. The Morgan fingerprint density at radius 3 is 1.50 bits per heavy atom. The zero-order valence-electron chi connectivity index (χ0n) is 26.9. The maximum absolute atomic E-state index is 10.1. The molecule has 0 radical (unpaired) electrons. The van der Waals surface area contributed by atoms with Crippen LogP contribution < -0.4 is 0 Å². The molecule has 0 unspecified atom stereocenters. The van der Waals surface area contributed by atoms with E-state index in [1.807, 2.05) is 72.8 Å². The third kappa shape index (κ3) is 5.11. The van der Waals surface area contributed by atoms with Gasteiger partial charge in [-0.3, -0.25) is 0 Å². The molecular formula is C44H36N4. The summed E-state index contributed by atoms with van der Waals surface area (Å²) < 4.78 is 0. The highest BCUT2D eigenvalue weighted by Crippen LogP contribution is 2.61. The van der Waals surface area contributed by atoms with Gasteiger partial charge in [0.15, 0.2) is 17.5 Å². The highest BCUT2D eigenvalue weighted by molar-refractivity contribution is 5.87. The first-order valence-electron chi connectivity index (χ1n) is 17.3. The van der Waals surface area contributed by atoms with Crippen LogP contribution in [0, 0.1) is 29.1 Å². The molecule has 48 heavy (non-hydrogen) atoms. The van der Waals surface area contributed by atoms with Crippen molar-refractivity contribution in [1.29, 1.82) is 5.26 Å². The standard InChI is InChI=1S/C44H36N4/c45-28-36-13-7-8-14-38(36)40-24-37(44-25-29-21-30(26-44)23-31(22-29)27-44)19-20-39(40)32-15-17-35(18-16-32)43-47-41(33-9-3-1-4-10-33)46-42(48-43)34-11-5-2-6-12-34/h1-20,24,29-31H,21-23,25-27H2. The molecule has 4 nitrogen and oxygen atoms in total. The van der Waals surface area contributed by atoms with E-state index < -0.39 is 0 Å². The molecule has 0 aliphatic heterocycles. The minimum atomic E-state index is 0.277. The van der Waals surface area contributed by atoms with Crippen molar-refractivity contribution in [2.75, 3.05) is 0 Å². The van der Waals surface area contributed by atoms with Crippen molar-refractivity contribution in [3.05, 3.63) is 139 Å². The van der Waals surface area contributed by atoms with Crippen LogP contribution in [0.25, 0.3) is 56.4 Å². The Kier molecular flexibility index (Phi) is 7.01. The number of aromatic nitrogens is 3. The predicted molar refractivity (Wildman–Crippen MR) is 192 cm³/mol. The molecule has 10 rings (SSSR count). The monoisotopic (exact) mass is 620 g/mol. The highest BCUT2D eigenvalue weighted by Gasteiger charge is 2.51. The van der Waals surface area contributed by atoms with E-state index in [1.54, 1.807) is 0 Å². The van der Waals surface area contributed by atoms with E-state index in [0.717, 1.165) is 56.7 Å². The molecule has 5 aromatic carbocycles. The lowest BCUT2D eigenvalue weighted by atomic mass is 9.48. The molecule has 0 atom stereocenters. The second-order valence-corrected chi connectivity index (χ2v) is 14.2. The molecule has 4 aliphatic carbocycles. The predicted octanol–water partition coefficient (Wildman–Crippen LogP) is 10.5. The van der Waals surface area contributed by atoms with Crippen LogP contribution >= 0.6 is 0 Å². The van der Waals surface area contributed by atoms with E-state index in [-0.39, 0.29) is 5.41 Å². The smallest absolute Gasteiger partial charge is 0.164 e. The van der Waals surface area contributed by atoms with Crippen LogP contribution in [0.2, 0.25) is 0 Å². The van der Waals surface area contributed by atoms with Crippen molar-refractivity contribution in [2.45, 2.75) is 43.9 Å². The second kappa shape index (κ2) is 11.7. The number of nitriles is 1. The van der Waals surface area contributed by atoms with Crippen LogP contribution in [-0.4, -0.2) is 15.0 Å². The van der Waals surface area contributed by atoms with E-state index in [9.17, 15) is 5.26 Å². The first-order valence-corrected chi connectivity index (χ1v) is 17.3. The Morgan fingerprint density at radius 2 is 0.958 bits per heavy atom. The third-order valence-corrected chi connectivity index (χ3v) is 11.2. The number of hydrogen-bond acceptors (Lipinski definition) is 4. The molecule has 4 fully saturated rings. The van der Waals surface area contributed by atoms with Gasteiger partial charge < -0.3 is 0 Å².